The Morgan fingerprint density at radius 1 is 1.12 bits per heavy atom. The number of nitrogens with zero attached hydrogens (tertiary/aromatic N) is 2. The van der Waals surface area contributed by atoms with Crippen molar-refractivity contribution in [2.24, 2.45) is 0 Å². The van der Waals surface area contributed by atoms with Gasteiger partial charge in [0.25, 0.3) is 5.91 Å². The summed E-state index contributed by atoms with van der Waals surface area (Å²) in [5.41, 5.74) is 2.43. The maximum absolute atomic E-state index is 12.3. The van der Waals surface area contributed by atoms with Crippen molar-refractivity contribution in [3.63, 3.8) is 0 Å². The molecule has 0 saturated heterocycles. The Morgan fingerprint density at radius 2 is 1.72 bits per heavy atom. The van der Waals surface area contributed by atoms with E-state index in [-0.39, 0.29) is 11.7 Å². The minimum Gasteiger partial charge on any atom is -0.322 e. The van der Waals surface area contributed by atoms with Crippen LogP contribution in [0.3, 0.4) is 0 Å². The monoisotopic (exact) mass is 357 g/mol. The minimum absolute atomic E-state index is 0.00747. The largest absolute Gasteiger partial charge is 0.322 e. The highest BCUT2D eigenvalue weighted by Gasteiger charge is 2.16. The molecule has 2 aromatic carbocycles. The fourth-order valence-corrected chi connectivity index (χ4v) is 3.01. The van der Waals surface area contributed by atoms with Crippen molar-refractivity contribution in [3.05, 3.63) is 59.7 Å². The van der Waals surface area contributed by atoms with E-state index in [0.717, 1.165) is 5.56 Å². The predicted octanol–water partition coefficient (Wildman–Crippen LogP) is 2.79. The number of benzene rings is 2. The van der Waals surface area contributed by atoms with E-state index < -0.39 is 10.0 Å². The smallest absolute Gasteiger partial charge is 0.255 e. The molecule has 6 nitrogen and oxygen atoms in total. The molecule has 2 aromatic rings. The van der Waals surface area contributed by atoms with Gasteiger partial charge in [-0.25, -0.2) is 8.42 Å². The average Bonchev–Trinajstić information content (AvgIpc) is 2.63. The number of sulfonamides is 1. The number of amides is 1. The zero-order valence-electron chi connectivity index (χ0n) is 14.1. The third kappa shape index (κ3) is 4.58. The minimum atomic E-state index is -3.33. The van der Waals surface area contributed by atoms with Crippen LogP contribution in [0.25, 0.3) is 0 Å². The van der Waals surface area contributed by atoms with E-state index in [1.54, 1.807) is 55.5 Å². The summed E-state index contributed by atoms with van der Waals surface area (Å²) >= 11 is 0. The lowest BCUT2D eigenvalue weighted by molar-refractivity contribution is 0.102. The van der Waals surface area contributed by atoms with Crippen LogP contribution in [0.4, 0.5) is 11.4 Å². The molecule has 0 aliphatic heterocycles. The zero-order valence-corrected chi connectivity index (χ0v) is 14.9. The SMILES string of the molecule is CCS(=O)(=O)N(C)c1ccc(C(=O)Nc2ccc(CC#N)cc2)cc1. The van der Waals surface area contributed by atoms with Crippen molar-refractivity contribution < 1.29 is 13.2 Å². The van der Waals surface area contributed by atoms with Crippen molar-refractivity contribution in [1.29, 1.82) is 5.26 Å². The second-order valence-corrected chi connectivity index (χ2v) is 7.69. The standard InChI is InChI=1S/C18H19N3O3S/c1-3-25(23,24)21(2)17-10-6-15(7-11-17)18(22)20-16-8-4-14(5-9-16)12-13-19/h4-11H,3,12H2,1-2H3,(H,20,22). The van der Waals surface area contributed by atoms with Crippen LogP contribution < -0.4 is 9.62 Å². The van der Waals surface area contributed by atoms with Gasteiger partial charge < -0.3 is 5.32 Å². The van der Waals surface area contributed by atoms with E-state index in [2.05, 4.69) is 11.4 Å². The summed E-state index contributed by atoms with van der Waals surface area (Å²) in [4.78, 5) is 12.3. The van der Waals surface area contributed by atoms with Crippen LogP contribution in [0.1, 0.15) is 22.8 Å². The number of hydrogen-bond donors (Lipinski definition) is 1. The molecule has 7 heteroatoms. The highest BCUT2D eigenvalue weighted by molar-refractivity contribution is 7.92. The van der Waals surface area contributed by atoms with Crippen molar-refractivity contribution >= 4 is 27.3 Å². The molecule has 1 amide bonds. The first-order chi connectivity index (χ1) is 11.9. The van der Waals surface area contributed by atoms with Crippen LogP contribution in [-0.4, -0.2) is 27.1 Å². The second-order valence-electron chi connectivity index (χ2n) is 5.40. The van der Waals surface area contributed by atoms with Gasteiger partial charge in [-0.3, -0.25) is 9.10 Å². The van der Waals surface area contributed by atoms with Gasteiger partial charge in [0.15, 0.2) is 0 Å². The molecular formula is C18H19N3O3S. The average molecular weight is 357 g/mol. The highest BCUT2D eigenvalue weighted by atomic mass is 32.2. The van der Waals surface area contributed by atoms with Gasteiger partial charge in [0.2, 0.25) is 10.0 Å². The number of carbonyl (C=O) groups excluding carboxylic acids is 1. The van der Waals surface area contributed by atoms with Gasteiger partial charge in [-0.05, 0) is 48.9 Å². The van der Waals surface area contributed by atoms with Crippen molar-refractivity contribution in [2.75, 3.05) is 22.4 Å². The first-order valence-electron chi connectivity index (χ1n) is 7.71. The van der Waals surface area contributed by atoms with Gasteiger partial charge >= 0.3 is 0 Å². The molecule has 0 unspecified atom stereocenters. The Bertz CT molecular complexity index is 883. The van der Waals surface area contributed by atoms with Gasteiger partial charge in [-0.15, -0.1) is 0 Å². The van der Waals surface area contributed by atoms with Crippen LogP contribution in [0.2, 0.25) is 0 Å². The van der Waals surface area contributed by atoms with E-state index in [4.69, 9.17) is 5.26 Å². The zero-order chi connectivity index (χ0) is 18.4. The van der Waals surface area contributed by atoms with Crippen LogP contribution in [0, 0.1) is 11.3 Å². The van der Waals surface area contributed by atoms with E-state index in [1.165, 1.54) is 11.4 Å². The summed E-state index contributed by atoms with van der Waals surface area (Å²) in [6, 6.07) is 15.5. The fourth-order valence-electron chi connectivity index (χ4n) is 2.18. The molecule has 0 saturated carbocycles. The maximum atomic E-state index is 12.3. The first kappa shape index (κ1) is 18.5. The number of carbonyl (C=O) groups is 1. The molecule has 0 aliphatic carbocycles. The van der Waals surface area contributed by atoms with Gasteiger partial charge in [0.05, 0.1) is 23.9 Å². The van der Waals surface area contributed by atoms with Gasteiger partial charge in [0.1, 0.15) is 0 Å². The van der Waals surface area contributed by atoms with Gasteiger partial charge in [-0.2, -0.15) is 5.26 Å². The number of anilines is 2. The van der Waals surface area contributed by atoms with Crippen LogP contribution in [0.5, 0.6) is 0 Å². The van der Waals surface area contributed by atoms with E-state index >= 15 is 0 Å². The third-order valence-corrected chi connectivity index (χ3v) is 5.55. The van der Waals surface area contributed by atoms with Gasteiger partial charge in [-0.1, -0.05) is 12.1 Å². The topological polar surface area (TPSA) is 90.3 Å². The third-order valence-electron chi connectivity index (χ3n) is 3.77. The Balaban J connectivity index is 2.09. The lowest BCUT2D eigenvalue weighted by atomic mass is 10.1. The van der Waals surface area contributed by atoms with E-state index in [0.29, 0.717) is 23.4 Å². The molecule has 0 radical (unpaired) electrons. The Morgan fingerprint density at radius 3 is 2.24 bits per heavy atom. The Kier molecular flexibility index (Phi) is 5.78. The molecule has 1 N–H and O–H groups in total. The van der Waals surface area contributed by atoms with Crippen LogP contribution in [0.15, 0.2) is 48.5 Å². The molecule has 0 atom stereocenters. The fraction of sp³-hybridized carbons (Fsp3) is 0.222. The molecule has 2 rings (SSSR count). The summed E-state index contributed by atoms with van der Waals surface area (Å²) in [6.45, 7) is 1.58. The predicted molar refractivity (Wildman–Crippen MR) is 98.0 cm³/mol. The quantitative estimate of drug-likeness (QED) is 0.861. The van der Waals surface area contributed by atoms with Gasteiger partial charge in [0, 0.05) is 18.3 Å². The summed E-state index contributed by atoms with van der Waals surface area (Å²) < 4.78 is 24.9. The normalized spacial score (nSPS) is 10.8. The molecule has 130 valence electrons. The molecule has 0 spiro atoms. The van der Waals surface area contributed by atoms with E-state index in [1.807, 2.05) is 0 Å². The van der Waals surface area contributed by atoms with Crippen LogP contribution in [-0.2, 0) is 16.4 Å². The molecule has 0 aliphatic rings. The molecule has 0 bridgehead atoms. The van der Waals surface area contributed by atoms with Crippen molar-refractivity contribution in [3.8, 4) is 6.07 Å². The number of nitriles is 1. The second kappa shape index (κ2) is 7.81. The van der Waals surface area contributed by atoms with E-state index in [9.17, 15) is 13.2 Å². The summed E-state index contributed by atoms with van der Waals surface area (Å²) in [6.07, 6.45) is 0.323. The Labute approximate surface area is 147 Å². The maximum Gasteiger partial charge on any atom is 0.255 e. The summed E-state index contributed by atoms with van der Waals surface area (Å²) in [5.74, 6) is -0.284. The van der Waals surface area contributed by atoms with Crippen LogP contribution >= 0.6 is 0 Å². The summed E-state index contributed by atoms with van der Waals surface area (Å²) in [5, 5.41) is 11.4. The number of hydrogen-bond acceptors (Lipinski definition) is 4. The Hall–Kier alpha value is -2.85. The molecular weight excluding hydrogens is 338 g/mol. The number of rotatable bonds is 6. The molecule has 0 fully saturated rings. The molecule has 25 heavy (non-hydrogen) atoms. The lowest BCUT2D eigenvalue weighted by Gasteiger charge is -2.18. The molecule has 0 aromatic heterocycles. The van der Waals surface area contributed by atoms with Crippen molar-refractivity contribution in [2.45, 2.75) is 13.3 Å². The van der Waals surface area contributed by atoms with Crippen molar-refractivity contribution in [1.82, 2.24) is 0 Å². The lowest BCUT2D eigenvalue weighted by Crippen LogP contribution is -2.28. The first-order valence-corrected chi connectivity index (χ1v) is 9.32. The number of nitrogens with one attached hydrogen (secondary N) is 1. The highest BCUT2D eigenvalue weighted by Crippen LogP contribution is 2.18. The molecule has 0 heterocycles. The summed E-state index contributed by atoms with van der Waals surface area (Å²) in [7, 11) is -1.85.